The van der Waals surface area contributed by atoms with Crippen LogP contribution in [0.2, 0.25) is 4.34 Å². The van der Waals surface area contributed by atoms with E-state index in [2.05, 4.69) is 11.4 Å². The van der Waals surface area contributed by atoms with Crippen molar-refractivity contribution in [3.05, 3.63) is 28.2 Å². The molecule has 1 N–H and O–H groups in total. The van der Waals surface area contributed by atoms with Crippen LogP contribution in [0.4, 0.5) is 10.8 Å². The molecule has 2 atom stereocenters. The van der Waals surface area contributed by atoms with Gasteiger partial charge >= 0.3 is 0 Å². The van der Waals surface area contributed by atoms with Gasteiger partial charge in [0.2, 0.25) is 0 Å². The molecule has 2 aromatic heterocycles. The number of nitrogens with zero attached hydrogens (tertiary/aromatic N) is 3. The van der Waals surface area contributed by atoms with Gasteiger partial charge in [-0.2, -0.15) is 9.78 Å². The van der Waals surface area contributed by atoms with Gasteiger partial charge in [0.15, 0.2) is 0 Å². The summed E-state index contributed by atoms with van der Waals surface area (Å²) in [6.07, 6.45) is 4.71. The van der Waals surface area contributed by atoms with Gasteiger partial charge in [-0.1, -0.05) is 32.4 Å². The Morgan fingerprint density at radius 2 is 1.96 bits per heavy atom. The van der Waals surface area contributed by atoms with Crippen molar-refractivity contribution < 1.29 is 4.79 Å². The lowest BCUT2D eigenvalue weighted by Crippen LogP contribution is -2.37. The Bertz CT molecular complexity index is 841. The number of anilines is 2. The van der Waals surface area contributed by atoms with Crippen LogP contribution in [-0.4, -0.2) is 34.8 Å². The first-order valence-corrected chi connectivity index (χ1v) is 10.8. The number of hydrogen-bond donors (Lipinski definition) is 1. The molecular weight excluding hydrogens is 380 g/mol. The molecule has 2 unspecified atom stereocenters. The molecule has 0 saturated carbocycles. The molecule has 0 radical (unpaired) electrons. The van der Waals surface area contributed by atoms with Crippen molar-refractivity contribution in [1.29, 1.82) is 0 Å². The smallest absolute Gasteiger partial charge is 0.254 e. The molecule has 0 spiro atoms. The first-order chi connectivity index (χ1) is 12.7. The first-order valence-electron chi connectivity index (χ1n) is 9.62. The third-order valence-electron chi connectivity index (χ3n) is 5.67. The van der Waals surface area contributed by atoms with Crippen LogP contribution in [0, 0.1) is 5.41 Å². The Morgan fingerprint density at radius 3 is 2.52 bits per heavy atom. The second kappa shape index (κ2) is 6.90. The summed E-state index contributed by atoms with van der Waals surface area (Å²) < 4.78 is 2.34. The summed E-state index contributed by atoms with van der Waals surface area (Å²) in [5.41, 5.74) is 0.537. The maximum atomic E-state index is 13.1. The molecule has 146 valence electrons. The van der Waals surface area contributed by atoms with Gasteiger partial charge in [-0.05, 0) is 37.8 Å². The van der Waals surface area contributed by atoms with E-state index in [4.69, 9.17) is 16.7 Å². The van der Waals surface area contributed by atoms with Crippen molar-refractivity contribution in [3.8, 4) is 0 Å². The number of halogens is 1. The zero-order valence-corrected chi connectivity index (χ0v) is 17.9. The van der Waals surface area contributed by atoms with Gasteiger partial charge in [-0.25, -0.2) is 0 Å². The molecule has 0 aromatic carbocycles. The van der Waals surface area contributed by atoms with Gasteiger partial charge < -0.3 is 10.2 Å². The van der Waals surface area contributed by atoms with Crippen LogP contribution < -0.4 is 10.2 Å². The summed E-state index contributed by atoms with van der Waals surface area (Å²) in [5, 5.41) is 9.50. The minimum absolute atomic E-state index is 0.00941. The molecule has 7 heteroatoms. The Kier molecular flexibility index (Phi) is 4.85. The standard InChI is InChI=1S/C20H27ClN4OS/c1-20(2,3)19(26)25-17(24(4)18-8-7-16(21)27-18)11-15(23-25)12-9-13-5-6-14(10-12)22-13/h7-8,11-14,22H,5-6,9-10H2,1-4H3. The lowest BCUT2D eigenvalue weighted by Gasteiger charge is -2.27. The van der Waals surface area contributed by atoms with Crippen LogP contribution in [0.5, 0.6) is 0 Å². The summed E-state index contributed by atoms with van der Waals surface area (Å²) in [5.74, 6) is 1.24. The number of aromatic nitrogens is 2. The average Bonchev–Trinajstić information content (AvgIpc) is 3.31. The number of thiophene rings is 1. The molecule has 4 rings (SSSR count). The second-order valence-corrected chi connectivity index (χ2v) is 10.5. The van der Waals surface area contributed by atoms with E-state index in [1.54, 1.807) is 4.68 Å². The van der Waals surface area contributed by atoms with Gasteiger partial charge in [0.1, 0.15) is 5.82 Å². The summed E-state index contributed by atoms with van der Waals surface area (Å²) in [6, 6.07) is 7.16. The highest BCUT2D eigenvalue weighted by Gasteiger charge is 2.36. The highest BCUT2D eigenvalue weighted by molar-refractivity contribution is 7.20. The highest BCUT2D eigenvalue weighted by atomic mass is 35.5. The molecule has 0 amide bonds. The average molecular weight is 407 g/mol. The van der Waals surface area contributed by atoms with E-state index in [0.29, 0.717) is 18.0 Å². The molecular formula is C20H27ClN4OS. The quantitative estimate of drug-likeness (QED) is 0.774. The Hall–Kier alpha value is -1.37. The third-order valence-corrected chi connectivity index (χ3v) is 6.98. The first kappa shape index (κ1) is 19.0. The number of carbonyl (C=O) groups excluding carboxylic acids is 1. The fourth-order valence-corrected chi connectivity index (χ4v) is 5.19. The van der Waals surface area contributed by atoms with Gasteiger partial charge in [0, 0.05) is 36.5 Å². The predicted octanol–water partition coefficient (Wildman–Crippen LogP) is 5.05. The molecule has 5 nitrogen and oxygen atoms in total. The van der Waals surface area contributed by atoms with E-state index in [-0.39, 0.29) is 5.91 Å². The van der Waals surface area contributed by atoms with Crippen molar-refractivity contribution in [1.82, 2.24) is 15.1 Å². The minimum Gasteiger partial charge on any atom is -0.321 e. The molecule has 0 aliphatic carbocycles. The van der Waals surface area contributed by atoms with Crippen molar-refractivity contribution in [2.75, 3.05) is 11.9 Å². The normalized spacial score (nSPS) is 25.0. The maximum Gasteiger partial charge on any atom is 0.254 e. The highest BCUT2D eigenvalue weighted by Crippen LogP contribution is 2.40. The van der Waals surface area contributed by atoms with E-state index in [1.165, 1.54) is 24.2 Å². The monoisotopic (exact) mass is 406 g/mol. The molecule has 2 aromatic rings. The largest absolute Gasteiger partial charge is 0.321 e. The molecule has 27 heavy (non-hydrogen) atoms. The maximum absolute atomic E-state index is 13.1. The van der Waals surface area contributed by atoms with Crippen molar-refractivity contribution >= 4 is 39.7 Å². The summed E-state index contributed by atoms with van der Waals surface area (Å²) >= 11 is 7.63. The topological polar surface area (TPSA) is 50.2 Å². The number of nitrogens with one attached hydrogen (secondary N) is 1. The van der Waals surface area contributed by atoms with Gasteiger partial charge in [-0.15, -0.1) is 11.3 Å². The Labute approximate surface area is 169 Å². The number of hydrogen-bond acceptors (Lipinski definition) is 5. The summed E-state index contributed by atoms with van der Waals surface area (Å²) in [7, 11) is 1.97. The zero-order valence-electron chi connectivity index (χ0n) is 16.3. The zero-order chi connectivity index (χ0) is 19.3. The van der Waals surface area contributed by atoms with Crippen molar-refractivity contribution in [2.24, 2.45) is 5.41 Å². The van der Waals surface area contributed by atoms with Crippen LogP contribution in [0.15, 0.2) is 18.2 Å². The van der Waals surface area contributed by atoms with E-state index in [9.17, 15) is 4.79 Å². The van der Waals surface area contributed by atoms with Crippen molar-refractivity contribution in [3.63, 3.8) is 0 Å². The second-order valence-electron chi connectivity index (χ2n) is 8.84. The molecule has 4 heterocycles. The van der Waals surface area contributed by atoms with Crippen LogP contribution >= 0.6 is 22.9 Å². The van der Waals surface area contributed by atoms with E-state index in [0.717, 1.165) is 33.7 Å². The predicted molar refractivity (Wildman–Crippen MR) is 112 cm³/mol. The van der Waals surface area contributed by atoms with Crippen LogP contribution in [-0.2, 0) is 0 Å². The fraction of sp³-hybridized carbons (Fsp3) is 0.600. The molecule has 2 saturated heterocycles. The van der Waals surface area contributed by atoms with E-state index < -0.39 is 5.41 Å². The van der Waals surface area contributed by atoms with Gasteiger partial charge in [0.25, 0.3) is 5.91 Å². The summed E-state index contributed by atoms with van der Waals surface area (Å²) in [6.45, 7) is 5.81. The van der Waals surface area contributed by atoms with Gasteiger partial charge in [0.05, 0.1) is 15.0 Å². The number of fused-ring (bicyclic) bond motifs is 2. The van der Waals surface area contributed by atoms with Crippen LogP contribution in [0.1, 0.15) is 62.9 Å². The molecule has 2 aliphatic heterocycles. The number of rotatable bonds is 3. The van der Waals surface area contributed by atoms with E-state index >= 15 is 0 Å². The van der Waals surface area contributed by atoms with Crippen LogP contribution in [0.25, 0.3) is 0 Å². The minimum atomic E-state index is -0.501. The van der Waals surface area contributed by atoms with Crippen molar-refractivity contribution in [2.45, 2.75) is 64.5 Å². The summed E-state index contributed by atoms with van der Waals surface area (Å²) in [4.78, 5) is 15.1. The fourth-order valence-electron chi connectivity index (χ4n) is 4.19. The lowest BCUT2D eigenvalue weighted by atomic mass is 9.90. The number of carbonyl (C=O) groups is 1. The molecule has 2 bridgehead atoms. The number of piperidine rings is 1. The molecule has 2 fully saturated rings. The van der Waals surface area contributed by atoms with E-state index in [1.807, 2.05) is 44.9 Å². The van der Waals surface area contributed by atoms with Gasteiger partial charge in [-0.3, -0.25) is 4.79 Å². The third kappa shape index (κ3) is 3.67. The Balaban J connectivity index is 1.72. The lowest BCUT2D eigenvalue weighted by molar-refractivity contribution is 0.0750. The molecule has 2 aliphatic rings. The SMILES string of the molecule is CN(c1ccc(Cl)s1)c1cc(C2CC3CCC(C2)N3)nn1C(=O)C(C)(C)C. The van der Waals surface area contributed by atoms with Crippen LogP contribution in [0.3, 0.4) is 0 Å². The Morgan fingerprint density at radius 1 is 1.30 bits per heavy atom.